The monoisotopic (exact) mass is 220 g/mol. The first-order valence-corrected chi connectivity index (χ1v) is 3.01. The van der Waals surface area contributed by atoms with Crippen LogP contribution in [0.15, 0.2) is 0 Å². The third-order valence-electron chi connectivity index (χ3n) is 0.527. The third kappa shape index (κ3) is 3.71. The first kappa shape index (κ1) is 9.74. The van der Waals surface area contributed by atoms with Crippen LogP contribution in [0.1, 0.15) is 6.92 Å². The Hall–Kier alpha value is -0.260. The fourth-order valence-electron chi connectivity index (χ4n) is 0.213. The summed E-state index contributed by atoms with van der Waals surface area (Å²) in [5, 5.41) is 0. The molecule has 2 nitrogen and oxygen atoms in total. The van der Waals surface area contributed by atoms with E-state index in [2.05, 4.69) is 4.74 Å². The fourth-order valence-corrected chi connectivity index (χ4v) is 0.306. The lowest BCUT2D eigenvalue weighted by Gasteiger charge is -2.12. The molecule has 6 heteroatoms. The summed E-state index contributed by atoms with van der Waals surface area (Å²) in [6, 6.07) is 0. The minimum absolute atomic E-state index is 0.839. The minimum atomic E-state index is -3.81. The van der Waals surface area contributed by atoms with E-state index in [1.807, 2.05) is 0 Å². The average molecular weight is 221 g/mol. The van der Waals surface area contributed by atoms with Gasteiger partial charge in [0.1, 0.15) is 0 Å². The second-order valence-electron chi connectivity index (χ2n) is 1.47. The number of rotatable bonds is 2. The molecule has 0 saturated carbocycles. The standard InChI is InChI=1S/C4H4BrF3O2/c1-2(9)10-3(6)4(5,7)8/h3H,1H3. The summed E-state index contributed by atoms with van der Waals surface area (Å²) < 4.78 is 38.9. The van der Waals surface area contributed by atoms with Gasteiger partial charge in [-0.15, -0.1) is 0 Å². The summed E-state index contributed by atoms with van der Waals surface area (Å²) in [6.07, 6.45) is -2.93. The van der Waals surface area contributed by atoms with Gasteiger partial charge in [-0.05, 0) is 15.9 Å². The van der Waals surface area contributed by atoms with Crippen LogP contribution in [0.2, 0.25) is 0 Å². The van der Waals surface area contributed by atoms with Gasteiger partial charge < -0.3 is 4.74 Å². The Morgan fingerprint density at radius 2 is 2.10 bits per heavy atom. The molecule has 0 radical (unpaired) electrons. The highest BCUT2D eigenvalue weighted by Gasteiger charge is 2.39. The van der Waals surface area contributed by atoms with Crippen LogP contribution in [0.5, 0.6) is 0 Å². The smallest absolute Gasteiger partial charge is 0.366 e. The topological polar surface area (TPSA) is 26.3 Å². The van der Waals surface area contributed by atoms with E-state index in [9.17, 15) is 18.0 Å². The zero-order valence-electron chi connectivity index (χ0n) is 4.91. The lowest BCUT2D eigenvalue weighted by atomic mass is 10.7. The van der Waals surface area contributed by atoms with Gasteiger partial charge in [0, 0.05) is 6.92 Å². The largest absolute Gasteiger partial charge is 0.424 e. The maximum absolute atomic E-state index is 11.9. The summed E-state index contributed by atoms with van der Waals surface area (Å²) in [4.78, 5) is 6.08. The van der Waals surface area contributed by atoms with Crippen LogP contribution in [-0.2, 0) is 9.53 Å². The molecule has 0 aromatic rings. The highest BCUT2D eigenvalue weighted by atomic mass is 79.9. The van der Waals surface area contributed by atoms with Crippen LogP contribution >= 0.6 is 15.9 Å². The Morgan fingerprint density at radius 3 is 2.20 bits per heavy atom. The maximum atomic E-state index is 11.9. The molecule has 1 atom stereocenters. The van der Waals surface area contributed by atoms with Crippen molar-refractivity contribution in [1.29, 1.82) is 0 Å². The van der Waals surface area contributed by atoms with Crippen molar-refractivity contribution in [2.45, 2.75) is 18.1 Å². The molecule has 0 aliphatic rings. The maximum Gasteiger partial charge on any atom is 0.366 e. The van der Waals surface area contributed by atoms with Crippen molar-refractivity contribution >= 4 is 21.9 Å². The summed E-state index contributed by atoms with van der Waals surface area (Å²) in [6.45, 7) is 0.839. The molecule has 0 fully saturated rings. The van der Waals surface area contributed by atoms with Crippen LogP contribution in [0.25, 0.3) is 0 Å². The number of halogens is 4. The number of ether oxygens (including phenoxy) is 1. The molecular formula is C4H4BrF3O2. The van der Waals surface area contributed by atoms with Gasteiger partial charge >= 0.3 is 17.2 Å². The summed E-state index contributed by atoms with van der Waals surface area (Å²) in [7, 11) is 0. The van der Waals surface area contributed by atoms with E-state index in [-0.39, 0.29) is 0 Å². The van der Waals surface area contributed by atoms with E-state index in [1.54, 1.807) is 15.9 Å². The zero-order valence-corrected chi connectivity index (χ0v) is 6.49. The molecule has 0 aromatic heterocycles. The van der Waals surface area contributed by atoms with Crippen LogP contribution in [0.3, 0.4) is 0 Å². The molecule has 0 aliphatic heterocycles. The Labute approximate surface area is 63.5 Å². The highest BCUT2D eigenvalue weighted by Crippen LogP contribution is 2.29. The molecule has 0 aromatic carbocycles. The van der Waals surface area contributed by atoms with Crippen molar-refractivity contribution in [3.05, 3.63) is 0 Å². The first-order valence-electron chi connectivity index (χ1n) is 2.22. The SMILES string of the molecule is CC(=O)OC(F)C(F)(F)Br. The van der Waals surface area contributed by atoms with Gasteiger partial charge in [-0.25, -0.2) is 0 Å². The molecule has 0 amide bonds. The van der Waals surface area contributed by atoms with Crippen LogP contribution in [0.4, 0.5) is 13.2 Å². The summed E-state index contributed by atoms with van der Waals surface area (Å²) >= 11 is 1.69. The number of carbonyl (C=O) groups is 1. The molecule has 0 rings (SSSR count). The van der Waals surface area contributed by atoms with Gasteiger partial charge in [0.05, 0.1) is 0 Å². The van der Waals surface area contributed by atoms with Crippen molar-refractivity contribution in [3.8, 4) is 0 Å². The van der Waals surface area contributed by atoms with Crippen molar-refractivity contribution in [3.63, 3.8) is 0 Å². The van der Waals surface area contributed by atoms with Gasteiger partial charge in [-0.1, -0.05) is 0 Å². The molecular weight excluding hydrogens is 217 g/mol. The van der Waals surface area contributed by atoms with Gasteiger partial charge in [-0.2, -0.15) is 13.2 Å². The number of alkyl halides is 4. The second kappa shape index (κ2) is 3.23. The van der Waals surface area contributed by atoms with E-state index < -0.39 is 17.2 Å². The molecule has 0 heterocycles. The predicted octanol–water partition coefficient (Wildman–Crippen LogP) is 1.83. The second-order valence-corrected chi connectivity index (χ2v) is 2.52. The molecule has 0 saturated heterocycles. The normalized spacial score (nSPS) is 14.5. The molecule has 0 spiro atoms. The van der Waals surface area contributed by atoms with E-state index in [1.165, 1.54) is 0 Å². The lowest BCUT2D eigenvalue weighted by molar-refractivity contribution is -0.176. The predicted molar refractivity (Wildman–Crippen MR) is 30.5 cm³/mol. The molecule has 0 aliphatic carbocycles. The van der Waals surface area contributed by atoms with Crippen LogP contribution in [0, 0.1) is 0 Å². The number of carbonyl (C=O) groups excluding carboxylic acids is 1. The average Bonchev–Trinajstić information content (AvgIpc) is 1.60. The lowest BCUT2D eigenvalue weighted by Crippen LogP contribution is -2.27. The number of esters is 1. The summed E-state index contributed by atoms with van der Waals surface area (Å²) in [5.41, 5.74) is 0. The summed E-state index contributed by atoms with van der Waals surface area (Å²) in [5.74, 6) is -1.09. The molecule has 0 bridgehead atoms. The Bertz CT molecular complexity index is 133. The van der Waals surface area contributed by atoms with Gasteiger partial charge in [0.2, 0.25) is 0 Å². The number of hydrogen-bond acceptors (Lipinski definition) is 2. The van der Waals surface area contributed by atoms with Crippen molar-refractivity contribution in [2.75, 3.05) is 0 Å². The quantitative estimate of drug-likeness (QED) is 0.525. The fraction of sp³-hybridized carbons (Fsp3) is 0.750. The van der Waals surface area contributed by atoms with Crippen molar-refractivity contribution < 1.29 is 22.7 Å². The Balaban J connectivity index is 3.85. The van der Waals surface area contributed by atoms with E-state index in [0.717, 1.165) is 6.92 Å². The van der Waals surface area contributed by atoms with Crippen LogP contribution < -0.4 is 0 Å². The van der Waals surface area contributed by atoms with Gasteiger partial charge in [0.25, 0.3) is 0 Å². The molecule has 10 heavy (non-hydrogen) atoms. The Morgan fingerprint density at radius 1 is 1.70 bits per heavy atom. The van der Waals surface area contributed by atoms with E-state index >= 15 is 0 Å². The van der Waals surface area contributed by atoms with Crippen molar-refractivity contribution in [1.82, 2.24) is 0 Å². The van der Waals surface area contributed by atoms with Crippen LogP contribution in [-0.4, -0.2) is 17.2 Å². The molecule has 1 unspecified atom stereocenters. The first-order chi connectivity index (χ1) is 4.34. The number of hydrogen-bond donors (Lipinski definition) is 0. The Kier molecular flexibility index (Phi) is 3.14. The van der Waals surface area contributed by atoms with Gasteiger partial charge in [-0.3, -0.25) is 4.79 Å². The zero-order chi connectivity index (χ0) is 8.36. The van der Waals surface area contributed by atoms with Crippen molar-refractivity contribution in [2.24, 2.45) is 0 Å². The third-order valence-corrected chi connectivity index (χ3v) is 0.887. The molecule has 60 valence electrons. The van der Waals surface area contributed by atoms with E-state index in [0.29, 0.717) is 0 Å². The van der Waals surface area contributed by atoms with E-state index in [4.69, 9.17) is 0 Å². The highest BCUT2D eigenvalue weighted by molar-refractivity contribution is 9.10. The minimum Gasteiger partial charge on any atom is -0.424 e. The van der Waals surface area contributed by atoms with Gasteiger partial charge in [0.15, 0.2) is 0 Å². The molecule has 0 N–H and O–H groups in total.